The van der Waals surface area contributed by atoms with Crippen LogP contribution in [0.25, 0.3) is 28.2 Å². The van der Waals surface area contributed by atoms with Crippen molar-refractivity contribution in [3.05, 3.63) is 71.7 Å². The van der Waals surface area contributed by atoms with Crippen LogP contribution in [0.5, 0.6) is 17.2 Å². The third-order valence-corrected chi connectivity index (χ3v) is 6.63. The summed E-state index contributed by atoms with van der Waals surface area (Å²) < 4.78 is 31.1. The van der Waals surface area contributed by atoms with Gasteiger partial charge in [0.25, 0.3) is 0 Å². The third-order valence-electron chi connectivity index (χ3n) is 5.50. The van der Waals surface area contributed by atoms with Crippen molar-refractivity contribution >= 4 is 32.7 Å². The number of nitrogens with zero attached hydrogens (tertiary/aromatic N) is 2. The van der Waals surface area contributed by atoms with Crippen molar-refractivity contribution in [2.75, 3.05) is 6.26 Å². The summed E-state index contributed by atoms with van der Waals surface area (Å²) in [6.07, 6.45) is 6.18. The number of aromatic hydroxyl groups is 2. The van der Waals surface area contributed by atoms with E-state index >= 15 is 0 Å². The monoisotopic (exact) mass is 462 g/mol. The summed E-state index contributed by atoms with van der Waals surface area (Å²) >= 11 is 0. The highest BCUT2D eigenvalue weighted by Crippen LogP contribution is 2.41. The molecule has 8 nitrogen and oxygen atoms in total. The summed E-state index contributed by atoms with van der Waals surface area (Å²) in [5.41, 5.74) is 2.90. The Morgan fingerprint density at radius 2 is 1.82 bits per heavy atom. The van der Waals surface area contributed by atoms with E-state index in [0.717, 1.165) is 28.8 Å². The molecular weight excluding hydrogens is 444 g/mol. The van der Waals surface area contributed by atoms with Gasteiger partial charge in [0, 0.05) is 48.8 Å². The fourth-order valence-corrected chi connectivity index (χ4v) is 4.62. The number of pyridine rings is 1. The first-order chi connectivity index (χ1) is 15.6. The molecule has 3 heterocycles. The molecule has 0 bridgehead atoms. The number of phenols is 2. The molecule has 2 aromatic carbocycles. The van der Waals surface area contributed by atoms with Crippen LogP contribution in [0.3, 0.4) is 0 Å². The maximum Gasteiger partial charge on any atom is 0.235 e. The average molecular weight is 462 g/mol. The highest BCUT2D eigenvalue weighted by Gasteiger charge is 2.31. The van der Waals surface area contributed by atoms with E-state index in [0.29, 0.717) is 11.2 Å². The Bertz CT molecular complexity index is 1600. The molecule has 0 unspecified atom stereocenters. The van der Waals surface area contributed by atoms with Crippen molar-refractivity contribution < 1.29 is 28.2 Å². The smallest absolute Gasteiger partial charge is 0.235 e. The van der Waals surface area contributed by atoms with E-state index in [1.807, 2.05) is 17.7 Å². The lowest BCUT2D eigenvalue weighted by Gasteiger charge is -2.07. The van der Waals surface area contributed by atoms with Gasteiger partial charge in [-0.05, 0) is 35.4 Å². The number of aryl methyl sites for hydroxylation is 1. The van der Waals surface area contributed by atoms with Crippen LogP contribution in [0.4, 0.5) is 0 Å². The Kier molecular flexibility index (Phi) is 4.54. The molecular formula is C24H18N2O6S. The van der Waals surface area contributed by atoms with Gasteiger partial charge in [-0.3, -0.25) is 4.79 Å². The second kappa shape index (κ2) is 7.21. The molecule has 4 aromatic rings. The van der Waals surface area contributed by atoms with Crippen molar-refractivity contribution in [2.24, 2.45) is 7.05 Å². The van der Waals surface area contributed by atoms with E-state index in [4.69, 9.17) is 4.74 Å². The molecule has 0 saturated heterocycles. The number of ether oxygens (including phenoxy) is 1. The molecule has 0 saturated carbocycles. The minimum absolute atomic E-state index is 0.000581. The van der Waals surface area contributed by atoms with Crippen LogP contribution in [-0.2, 0) is 16.9 Å². The molecule has 5 rings (SSSR count). The molecule has 166 valence electrons. The fraction of sp³-hybridized carbons (Fsp3) is 0.0833. The zero-order valence-electron chi connectivity index (χ0n) is 17.6. The molecule has 0 amide bonds. The van der Waals surface area contributed by atoms with Crippen LogP contribution >= 0.6 is 0 Å². The number of fused-ring (bicyclic) bond motifs is 2. The Morgan fingerprint density at radius 3 is 2.52 bits per heavy atom. The van der Waals surface area contributed by atoms with Crippen LogP contribution in [0.15, 0.2) is 65.5 Å². The lowest BCUT2D eigenvalue weighted by atomic mass is 10.0. The molecule has 33 heavy (non-hydrogen) atoms. The van der Waals surface area contributed by atoms with Crippen molar-refractivity contribution in [1.82, 2.24) is 9.55 Å². The SMILES string of the molecule is Cn1cc(/C=C2\Oc3cc(O)cc(O)c3C2=O)c2c(-c3ccc(S(C)(=O)=O)cc3)ccnc21. The number of hydrogen-bond donors (Lipinski definition) is 2. The van der Waals surface area contributed by atoms with Gasteiger partial charge in [0.05, 0.1) is 4.90 Å². The van der Waals surface area contributed by atoms with Gasteiger partial charge in [-0.25, -0.2) is 13.4 Å². The molecule has 0 fully saturated rings. The number of carbonyl (C=O) groups excluding carboxylic acids is 1. The number of phenolic OH excluding ortho intramolecular Hbond substituents is 2. The molecule has 1 aliphatic heterocycles. The minimum Gasteiger partial charge on any atom is -0.508 e. The van der Waals surface area contributed by atoms with E-state index in [1.165, 1.54) is 6.07 Å². The zero-order valence-corrected chi connectivity index (χ0v) is 18.4. The van der Waals surface area contributed by atoms with Crippen LogP contribution in [0, 0.1) is 0 Å². The van der Waals surface area contributed by atoms with Crippen LogP contribution < -0.4 is 4.74 Å². The van der Waals surface area contributed by atoms with Gasteiger partial charge in [-0.1, -0.05) is 12.1 Å². The highest BCUT2D eigenvalue weighted by atomic mass is 32.2. The van der Waals surface area contributed by atoms with Crippen LogP contribution in [0.1, 0.15) is 15.9 Å². The topological polar surface area (TPSA) is 119 Å². The number of ketones is 1. The normalized spacial score (nSPS) is 14.6. The third kappa shape index (κ3) is 3.42. The second-order valence-electron chi connectivity index (χ2n) is 7.83. The summed E-state index contributed by atoms with van der Waals surface area (Å²) in [6.45, 7) is 0. The predicted molar refractivity (Wildman–Crippen MR) is 122 cm³/mol. The first-order valence-electron chi connectivity index (χ1n) is 9.88. The van der Waals surface area contributed by atoms with E-state index in [1.54, 1.807) is 42.7 Å². The number of allylic oxidation sites excluding steroid dienone is 1. The van der Waals surface area contributed by atoms with Crippen molar-refractivity contribution in [1.29, 1.82) is 0 Å². The highest BCUT2D eigenvalue weighted by molar-refractivity contribution is 7.90. The van der Waals surface area contributed by atoms with Crippen molar-refractivity contribution in [3.63, 3.8) is 0 Å². The van der Waals surface area contributed by atoms with Crippen LogP contribution in [0.2, 0.25) is 0 Å². The summed E-state index contributed by atoms with van der Waals surface area (Å²) in [4.78, 5) is 17.5. The Labute approximate surface area is 188 Å². The molecule has 0 aliphatic carbocycles. The summed E-state index contributed by atoms with van der Waals surface area (Å²) in [5, 5.41) is 20.5. The lowest BCUT2D eigenvalue weighted by Crippen LogP contribution is -1.98. The minimum atomic E-state index is -3.32. The quantitative estimate of drug-likeness (QED) is 0.446. The fourth-order valence-electron chi connectivity index (χ4n) is 3.99. The lowest BCUT2D eigenvalue weighted by molar-refractivity contribution is 0.101. The first kappa shape index (κ1) is 20.8. The van der Waals surface area contributed by atoms with Gasteiger partial charge in [0.1, 0.15) is 28.5 Å². The number of sulfone groups is 1. The van der Waals surface area contributed by atoms with Gasteiger partial charge in [0.15, 0.2) is 15.6 Å². The molecule has 0 radical (unpaired) electrons. The Balaban J connectivity index is 1.65. The Hall–Kier alpha value is -4.11. The van der Waals surface area contributed by atoms with E-state index in [9.17, 15) is 23.4 Å². The van der Waals surface area contributed by atoms with Gasteiger partial charge in [-0.15, -0.1) is 0 Å². The Morgan fingerprint density at radius 1 is 1.09 bits per heavy atom. The summed E-state index contributed by atoms with van der Waals surface area (Å²) in [6, 6.07) is 10.7. The number of rotatable bonds is 3. The molecule has 0 spiro atoms. The van der Waals surface area contributed by atoms with Gasteiger partial charge in [-0.2, -0.15) is 0 Å². The molecule has 2 N–H and O–H groups in total. The van der Waals surface area contributed by atoms with Crippen LogP contribution in [-0.4, -0.2) is 40.2 Å². The standard InChI is InChI=1S/C24H18N2O6S/c1-26-12-14(9-20-23(29)22-18(28)10-15(27)11-19(22)32-20)21-17(7-8-25-24(21)26)13-3-5-16(6-4-13)33(2,30)31/h3-12,27-28H,1-2H3/b20-9-. The van der Waals surface area contributed by atoms with Gasteiger partial charge in [0.2, 0.25) is 5.78 Å². The van der Waals surface area contributed by atoms with E-state index < -0.39 is 15.6 Å². The maximum atomic E-state index is 12.8. The number of benzene rings is 2. The number of Topliss-reactive ketones (excluding diaryl/α,β-unsaturated/α-hetero) is 1. The first-order valence-corrected chi connectivity index (χ1v) is 11.8. The molecule has 9 heteroatoms. The zero-order chi connectivity index (χ0) is 23.5. The number of carbonyl (C=O) groups is 1. The summed E-state index contributed by atoms with van der Waals surface area (Å²) in [5.74, 6) is -0.985. The maximum absolute atomic E-state index is 12.8. The van der Waals surface area contributed by atoms with E-state index in [2.05, 4.69) is 4.98 Å². The van der Waals surface area contributed by atoms with Gasteiger partial charge >= 0.3 is 0 Å². The average Bonchev–Trinajstić information content (AvgIpc) is 3.24. The largest absolute Gasteiger partial charge is 0.508 e. The van der Waals surface area contributed by atoms with E-state index in [-0.39, 0.29) is 33.5 Å². The number of hydrogen-bond acceptors (Lipinski definition) is 7. The number of aromatic nitrogens is 2. The predicted octanol–water partition coefficient (Wildman–Crippen LogP) is 3.67. The van der Waals surface area contributed by atoms with Gasteiger partial charge < -0.3 is 19.5 Å². The molecule has 2 aromatic heterocycles. The van der Waals surface area contributed by atoms with Crippen molar-refractivity contribution in [2.45, 2.75) is 4.90 Å². The summed E-state index contributed by atoms with van der Waals surface area (Å²) in [7, 11) is -1.50. The molecule has 0 atom stereocenters. The molecule has 1 aliphatic rings. The second-order valence-corrected chi connectivity index (χ2v) is 9.84. The van der Waals surface area contributed by atoms with Crippen molar-refractivity contribution in [3.8, 4) is 28.4 Å².